The quantitative estimate of drug-likeness (QED) is 0.676. The molecule has 1 aliphatic rings. The first kappa shape index (κ1) is 21.2. The second-order valence-corrected chi connectivity index (χ2v) is 9.97. The summed E-state index contributed by atoms with van der Waals surface area (Å²) in [6, 6.07) is 11.1. The Morgan fingerprint density at radius 1 is 1.18 bits per heavy atom. The molecule has 0 aromatic heterocycles. The average Bonchev–Trinajstić information content (AvgIpc) is 2.66. The number of carbonyl (C=O) groups is 1. The summed E-state index contributed by atoms with van der Waals surface area (Å²) in [5, 5.41) is 2.65. The number of benzene rings is 2. The summed E-state index contributed by atoms with van der Waals surface area (Å²) >= 11 is 9.05. The van der Waals surface area contributed by atoms with E-state index < -0.39 is 15.8 Å². The van der Waals surface area contributed by atoms with Crippen LogP contribution in [-0.4, -0.2) is 31.7 Å². The largest absolute Gasteiger partial charge is 0.326 e. The molecule has 150 valence electrons. The van der Waals surface area contributed by atoms with Crippen molar-refractivity contribution < 1.29 is 17.6 Å². The minimum atomic E-state index is -3.44. The number of piperidine rings is 1. The Kier molecular flexibility index (Phi) is 6.75. The van der Waals surface area contributed by atoms with Crippen molar-refractivity contribution in [2.24, 2.45) is 5.92 Å². The lowest BCUT2D eigenvalue weighted by Gasteiger charge is -2.30. The molecule has 0 aliphatic carbocycles. The van der Waals surface area contributed by atoms with Crippen LogP contribution >= 0.6 is 27.5 Å². The molecule has 0 spiro atoms. The summed E-state index contributed by atoms with van der Waals surface area (Å²) in [5.41, 5.74) is 1.14. The molecule has 0 unspecified atom stereocenters. The van der Waals surface area contributed by atoms with E-state index in [1.54, 1.807) is 12.1 Å². The van der Waals surface area contributed by atoms with Crippen molar-refractivity contribution in [1.82, 2.24) is 4.31 Å². The molecule has 1 saturated heterocycles. The number of rotatable bonds is 5. The van der Waals surface area contributed by atoms with Gasteiger partial charge in [0.05, 0.1) is 10.8 Å². The fraction of sp³-hybridized carbons (Fsp3) is 0.316. The summed E-state index contributed by atoms with van der Waals surface area (Å²) in [7, 11) is -3.44. The predicted octanol–water partition coefficient (Wildman–Crippen LogP) is 4.42. The van der Waals surface area contributed by atoms with Gasteiger partial charge in [-0.25, -0.2) is 17.1 Å². The molecule has 0 atom stereocenters. The van der Waals surface area contributed by atoms with Crippen LogP contribution in [0.1, 0.15) is 18.4 Å². The topological polar surface area (TPSA) is 66.5 Å². The normalized spacial score (nSPS) is 16.1. The Hall–Kier alpha value is -1.48. The van der Waals surface area contributed by atoms with E-state index in [2.05, 4.69) is 21.2 Å². The number of sulfonamides is 1. The molecule has 9 heteroatoms. The van der Waals surface area contributed by atoms with Crippen molar-refractivity contribution in [1.29, 1.82) is 0 Å². The Labute approximate surface area is 177 Å². The zero-order chi connectivity index (χ0) is 20.3. The molecule has 1 amide bonds. The summed E-state index contributed by atoms with van der Waals surface area (Å²) in [6.45, 7) is 0.586. The summed E-state index contributed by atoms with van der Waals surface area (Å²) in [4.78, 5) is 12.4. The van der Waals surface area contributed by atoms with Crippen LogP contribution in [0.4, 0.5) is 10.1 Å². The van der Waals surface area contributed by atoms with Gasteiger partial charge in [0.25, 0.3) is 0 Å². The zero-order valence-corrected chi connectivity index (χ0v) is 18.0. The molecular weight excluding hydrogens is 471 g/mol. The van der Waals surface area contributed by atoms with E-state index in [1.807, 2.05) is 12.1 Å². The van der Waals surface area contributed by atoms with Gasteiger partial charge in [-0.1, -0.05) is 39.7 Å². The van der Waals surface area contributed by atoms with Gasteiger partial charge in [0.15, 0.2) is 0 Å². The number of hydrogen-bond acceptors (Lipinski definition) is 3. The second kappa shape index (κ2) is 8.90. The van der Waals surface area contributed by atoms with Gasteiger partial charge in [-0.15, -0.1) is 0 Å². The Balaban J connectivity index is 1.56. The van der Waals surface area contributed by atoms with Crippen molar-refractivity contribution in [2.75, 3.05) is 18.4 Å². The molecule has 0 saturated carbocycles. The second-order valence-electron chi connectivity index (χ2n) is 6.67. The van der Waals surface area contributed by atoms with Gasteiger partial charge in [0, 0.05) is 29.2 Å². The fourth-order valence-electron chi connectivity index (χ4n) is 3.10. The first-order valence-electron chi connectivity index (χ1n) is 8.73. The maximum Gasteiger partial charge on any atom is 0.227 e. The number of halogens is 3. The molecule has 5 nitrogen and oxygen atoms in total. The van der Waals surface area contributed by atoms with Crippen molar-refractivity contribution in [3.05, 3.63) is 63.3 Å². The summed E-state index contributed by atoms with van der Waals surface area (Å²) in [5.74, 6) is -1.13. The molecule has 28 heavy (non-hydrogen) atoms. The zero-order valence-electron chi connectivity index (χ0n) is 14.9. The first-order chi connectivity index (χ1) is 13.2. The van der Waals surface area contributed by atoms with E-state index >= 15 is 0 Å². The van der Waals surface area contributed by atoms with Gasteiger partial charge in [-0.05, 0) is 48.7 Å². The third-order valence-electron chi connectivity index (χ3n) is 4.67. The van der Waals surface area contributed by atoms with Crippen molar-refractivity contribution in [2.45, 2.75) is 18.6 Å². The number of hydrogen-bond donors (Lipinski definition) is 1. The van der Waals surface area contributed by atoms with E-state index in [-0.39, 0.29) is 22.6 Å². The van der Waals surface area contributed by atoms with Crippen molar-refractivity contribution in [3.8, 4) is 0 Å². The summed E-state index contributed by atoms with van der Waals surface area (Å²) in [6.07, 6.45) is 0.862. The van der Waals surface area contributed by atoms with E-state index in [0.29, 0.717) is 31.6 Å². The molecule has 2 aromatic rings. The smallest absolute Gasteiger partial charge is 0.227 e. The third kappa shape index (κ3) is 5.31. The summed E-state index contributed by atoms with van der Waals surface area (Å²) < 4.78 is 40.8. The molecule has 1 heterocycles. The molecule has 0 bridgehead atoms. The van der Waals surface area contributed by atoms with E-state index in [9.17, 15) is 17.6 Å². The standard InChI is InChI=1S/C19H19BrClFN2O3S/c20-15-3-1-13(2-4-15)12-28(26,27)24-9-7-14(8-10-24)19(25)23-16-5-6-18(22)17(21)11-16/h1-6,11,14H,7-10,12H2,(H,23,25). The fourth-order valence-corrected chi connectivity index (χ4v) is 5.11. The predicted molar refractivity (Wildman–Crippen MR) is 111 cm³/mol. The molecule has 1 aliphatic heterocycles. The number of nitrogens with zero attached hydrogens (tertiary/aromatic N) is 1. The lowest BCUT2D eigenvalue weighted by Crippen LogP contribution is -2.41. The molecular formula is C19H19BrClFN2O3S. The number of carbonyl (C=O) groups excluding carboxylic acids is 1. The first-order valence-corrected chi connectivity index (χ1v) is 11.5. The highest BCUT2D eigenvalue weighted by atomic mass is 79.9. The SMILES string of the molecule is O=C(Nc1ccc(F)c(Cl)c1)C1CCN(S(=O)(=O)Cc2ccc(Br)cc2)CC1. The average molecular weight is 490 g/mol. The van der Waals surface area contributed by atoms with Crippen LogP contribution in [0.25, 0.3) is 0 Å². The number of anilines is 1. The van der Waals surface area contributed by atoms with Crippen molar-refractivity contribution in [3.63, 3.8) is 0 Å². The lowest BCUT2D eigenvalue weighted by molar-refractivity contribution is -0.120. The van der Waals surface area contributed by atoms with Gasteiger partial charge in [-0.2, -0.15) is 0 Å². The minimum absolute atomic E-state index is 0.0633. The van der Waals surface area contributed by atoms with Crippen LogP contribution < -0.4 is 5.32 Å². The monoisotopic (exact) mass is 488 g/mol. The maximum atomic E-state index is 13.2. The third-order valence-corrected chi connectivity index (χ3v) is 7.34. The van der Waals surface area contributed by atoms with Gasteiger partial charge in [0.1, 0.15) is 5.82 Å². The van der Waals surface area contributed by atoms with Gasteiger partial charge in [-0.3, -0.25) is 4.79 Å². The minimum Gasteiger partial charge on any atom is -0.326 e. The molecule has 2 aromatic carbocycles. The Bertz CT molecular complexity index is 962. The molecule has 0 radical (unpaired) electrons. The van der Waals surface area contributed by atoms with Crippen molar-refractivity contribution >= 4 is 49.1 Å². The highest BCUT2D eigenvalue weighted by Gasteiger charge is 2.31. The lowest BCUT2D eigenvalue weighted by atomic mass is 9.97. The van der Waals surface area contributed by atoms with E-state index in [0.717, 1.165) is 10.0 Å². The van der Waals surface area contributed by atoms with Gasteiger partial charge >= 0.3 is 0 Å². The molecule has 1 N–H and O–H groups in total. The van der Waals surface area contributed by atoms with E-state index in [4.69, 9.17) is 11.6 Å². The van der Waals surface area contributed by atoms with Crippen LogP contribution in [0.5, 0.6) is 0 Å². The Morgan fingerprint density at radius 2 is 1.82 bits per heavy atom. The van der Waals surface area contributed by atoms with Crippen LogP contribution in [0.3, 0.4) is 0 Å². The highest BCUT2D eigenvalue weighted by molar-refractivity contribution is 9.10. The Morgan fingerprint density at radius 3 is 2.43 bits per heavy atom. The van der Waals surface area contributed by atoms with Crippen LogP contribution in [0.2, 0.25) is 5.02 Å². The molecule has 3 rings (SSSR count). The van der Waals surface area contributed by atoms with Gasteiger partial charge in [0.2, 0.25) is 15.9 Å². The van der Waals surface area contributed by atoms with Crippen LogP contribution in [-0.2, 0) is 20.6 Å². The van der Waals surface area contributed by atoms with Crippen LogP contribution in [0, 0.1) is 11.7 Å². The highest BCUT2D eigenvalue weighted by Crippen LogP contribution is 2.25. The van der Waals surface area contributed by atoms with Crippen LogP contribution in [0.15, 0.2) is 46.9 Å². The van der Waals surface area contributed by atoms with Gasteiger partial charge < -0.3 is 5.32 Å². The number of nitrogens with one attached hydrogen (secondary N) is 1. The molecule has 1 fully saturated rings. The van der Waals surface area contributed by atoms with E-state index in [1.165, 1.54) is 22.5 Å². The number of amides is 1. The maximum absolute atomic E-state index is 13.2.